The van der Waals surface area contributed by atoms with Crippen molar-refractivity contribution in [2.45, 2.75) is 45.3 Å². The monoisotopic (exact) mass is 380 g/mol. The highest BCUT2D eigenvalue weighted by atomic mass is 35.5. The molecule has 1 aromatic rings. The van der Waals surface area contributed by atoms with Gasteiger partial charge in [-0.05, 0) is 33.6 Å². The molecule has 0 bridgehead atoms. The fourth-order valence-corrected chi connectivity index (χ4v) is 3.44. The van der Waals surface area contributed by atoms with Gasteiger partial charge >= 0.3 is 6.09 Å². The molecular weight excluding hydrogens is 356 g/mol. The summed E-state index contributed by atoms with van der Waals surface area (Å²) < 4.78 is 17.1. The molecule has 2 aliphatic rings. The van der Waals surface area contributed by atoms with E-state index in [1.807, 2.05) is 26.8 Å². The largest absolute Gasteiger partial charge is 0.486 e. The Morgan fingerprint density at radius 1 is 1.31 bits per heavy atom. The number of ether oxygens (including phenoxy) is 3. The molecule has 1 atom stereocenters. The van der Waals surface area contributed by atoms with Crippen LogP contribution in [0.25, 0.3) is 0 Å². The number of hydrogen-bond acceptors (Lipinski definition) is 5. The van der Waals surface area contributed by atoms with Gasteiger partial charge in [-0.25, -0.2) is 4.79 Å². The first-order chi connectivity index (χ1) is 12.3. The number of fused-ring (bicyclic) bond motifs is 1. The van der Waals surface area contributed by atoms with Crippen molar-refractivity contribution >= 4 is 23.4 Å². The smallest absolute Gasteiger partial charge is 0.411 e. The van der Waals surface area contributed by atoms with E-state index in [1.54, 1.807) is 11.0 Å². The van der Waals surface area contributed by atoms with Crippen molar-refractivity contribution in [3.8, 4) is 11.5 Å². The van der Waals surface area contributed by atoms with Crippen LogP contribution in [0.4, 0.5) is 10.5 Å². The molecule has 6 nitrogen and oxygen atoms in total. The van der Waals surface area contributed by atoms with Gasteiger partial charge < -0.3 is 19.9 Å². The van der Waals surface area contributed by atoms with E-state index in [4.69, 9.17) is 31.5 Å². The van der Waals surface area contributed by atoms with Crippen LogP contribution in [-0.2, 0) is 4.74 Å². The number of carbonyl (C=O) groups excluding carboxylic acids is 1. The first-order valence-corrected chi connectivity index (χ1v) is 9.18. The van der Waals surface area contributed by atoms with E-state index in [1.165, 1.54) is 0 Å². The number of allylic oxidation sites excluding steroid dienone is 1. The molecule has 2 heterocycles. The average Bonchev–Trinajstić information content (AvgIpc) is 2.80. The topological polar surface area (TPSA) is 74.0 Å². The Bertz CT molecular complexity index is 727. The molecule has 0 saturated carbocycles. The molecule has 0 aromatic heterocycles. The lowest BCUT2D eigenvalue weighted by Gasteiger charge is -2.34. The van der Waals surface area contributed by atoms with Crippen molar-refractivity contribution in [1.29, 1.82) is 0 Å². The van der Waals surface area contributed by atoms with Crippen LogP contribution < -0.4 is 15.2 Å². The molecule has 1 unspecified atom stereocenters. The maximum absolute atomic E-state index is 12.8. The SMILES string of the molecule is CC(C)(C)OC(=O)N1CC=CCCC1c1c(Cl)c(N)cc2c1OCCO2. The van der Waals surface area contributed by atoms with Crippen molar-refractivity contribution in [3.05, 3.63) is 28.8 Å². The van der Waals surface area contributed by atoms with Gasteiger partial charge in [0.25, 0.3) is 0 Å². The van der Waals surface area contributed by atoms with E-state index in [2.05, 4.69) is 6.08 Å². The summed E-state index contributed by atoms with van der Waals surface area (Å²) in [5, 5.41) is 0.398. The minimum absolute atomic E-state index is 0.314. The normalized spacial score (nSPS) is 19.8. The number of nitrogens with zero attached hydrogens (tertiary/aromatic N) is 1. The Labute approximate surface area is 158 Å². The van der Waals surface area contributed by atoms with Gasteiger partial charge in [-0.15, -0.1) is 0 Å². The quantitative estimate of drug-likeness (QED) is 0.580. The number of anilines is 1. The van der Waals surface area contributed by atoms with Gasteiger partial charge in [0.15, 0.2) is 11.5 Å². The first-order valence-electron chi connectivity index (χ1n) is 8.80. The molecular formula is C19H25ClN2O4. The minimum Gasteiger partial charge on any atom is -0.486 e. The zero-order chi connectivity index (χ0) is 18.9. The predicted molar refractivity (Wildman–Crippen MR) is 101 cm³/mol. The molecule has 0 fully saturated rings. The highest BCUT2D eigenvalue weighted by molar-refractivity contribution is 6.34. The molecule has 0 spiro atoms. The third-order valence-electron chi connectivity index (χ3n) is 4.25. The van der Waals surface area contributed by atoms with Crippen LogP contribution in [0, 0.1) is 0 Å². The van der Waals surface area contributed by atoms with Gasteiger partial charge in [0.1, 0.15) is 18.8 Å². The molecule has 1 aromatic carbocycles. The first kappa shape index (κ1) is 18.7. The van der Waals surface area contributed by atoms with Crippen molar-refractivity contribution in [2.24, 2.45) is 0 Å². The summed E-state index contributed by atoms with van der Waals surface area (Å²) >= 11 is 6.56. The number of halogens is 1. The van der Waals surface area contributed by atoms with Gasteiger partial charge in [0.2, 0.25) is 0 Å². The van der Waals surface area contributed by atoms with Gasteiger partial charge in [0.05, 0.1) is 16.8 Å². The van der Waals surface area contributed by atoms with E-state index in [0.29, 0.717) is 54.0 Å². The van der Waals surface area contributed by atoms with Gasteiger partial charge in [-0.2, -0.15) is 0 Å². The van der Waals surface area contributed by atoms with Crippen LogP contribution in [-0.4, -0.2) is 36.4 Å². The third kappa shape index (κ3) is 3.85. The minimum atomic E-state index is -0.587. The molecule has 2 N–H and O–H groups in total. The van der Waals surface area contributed by atoms with Gasteiger partial charge in [0, 0.05) is 18.2 Å². The molecule has 1 amide bonds. The molecule has 7 heteroatoms. The van der Waals surface area contributed by atoms with Crippen LogP contribution in [0.3, 0.4) is 0 Å². The lowest BCUT2D eigenvalue weighted by Crippen LogP contribution is -2.39. The number of amides is 1. The van der Waals surface area contributed by atoms with Gasteiger partial charge in [-0.1, -0.05) is 23.8 Å². The molecule has 26 heavy (non-hydrogen) atoms. The molecule has 0 radical (unpaired) electrons. The highest BCUT2D eigenvalue weighted by Crippen LogP contribution is 2.48. The molecule has 142 valence electrons. The van der Waals surface area contributed by atoms with E-state index >= 15 is 0 Å². The zero-order valence-electron chi connectivity index (χ0n) is 15.4. The number of nitrogen functional groups attached to an aromatic ring is 1. The molecule has 2 aliphatic heterocycles. The molecule has 0 saturated heterocycles. The van der Waals surface area contributed by atoms with E-state index in [-0.39, 0.29) is 6.04 Å². The Hall–Kier alpha value is -2.08. The maximum atomic E-state index is 12.8. The van der Waals surface area contributed by atoms with Crippen molar-refractivity contribution in [2.75, 3.05) is 25.5 Å². The van der Waals surface area contributed by atoms with Crippen molar-refractivity contribution < 1.29 is 19.0 Å². The number of rotatable bonds is 1. The zero-order valence-corrected chi connectivity index (χ0v) is 16.1. The lowest BCUT2D eigenvalue weighted by molar-refractivity contribution is 0.0178. The summed E-state index contributed by atoms with van der Waals surface area (Å²) in [5.74, 6) is 1.13. The number of carbonyl (C=O) groups is 1. The van der Waals surface area contributed by atoms with E-state index in [9.17, 15) is 4.79 Å². The van der Waals surface area contributed by atoms with E-state index < -0.39 is 11.7 Å². The summed E-state index contributed by atoms with van der Waals surface area (Å²) in [5.41, 5.74) is 6.61. The average molecular weight is 381 g/mol. The van der Waals surface area contributed by atoms with Crippen LogP contribution >= 0.6 is 11.6 Å². The maximum Gasteiger partial charge on any atom is 0.411 e. The second kappa shape index (κ2) is 7.27. The van der Waals surface area contributed by atoms with Crippen LogP contribution in [0.5, 0.6) is 11.5 Å². The molecule has 3 rings (SSSR count). The summed E-state index contributed by atoms with van der Waals surface area (Å²) in [4.78, 5) is 14.5. The highest BCUT2D eigenvalue weighted by Gasteiger charge is 2.35. The summed E-state index contributed by atoms with van der Waals surface area (Å²) in [6.45, 7) is 6.85. The Morgan fingerprint density at radius 3 is 2.77 bits per heavy atom. The molecule has 0 aliphatic carbocycles. The number of nitrogens with two attached hydrogens (primary N) is 1. The summed E-state index contributed by atoms with van der Waals surface area (Å²) in [6.07, 6.45) is 5.13. The van der Waals surface area contributed by atoms with Gasteiger partial charge in [-0.3, -0.25) is 4.90 Å². The lowest BCUT2D eigenvalue weighted by atomic mass is 9.98. The fourth-order valence-electron chi connectivity index (χ4n) is 3.17. The fraction of sp³-hybridized carbons (Fsp3) is 0.526. The Morgan fingerprint density at radius 2 is 2.04 bits per heavy atom. The van der Waals surface area contributed by atoms with Crippen LogP contribution in [0.15, 0.2) is 18.2 Å². The number of hydrogen-bond donors (Lipinski definition) is 1. The van der Waals surface area contributed by atoms with E-state index in [0.717, 1.165) is 6.42 Å². The predicted octanol–water partition coefficient (Wildman–Crippen LogP) is 4.32. The second-order valence-corrected chi connectivity index (χ2v) is 7.79. The van der Waals surface area contributed by atoms with Crippen molar-refractivity contribution in [3.63, 3.8) is 0 Å². The number of benzene rings is 1. The van der Waals surface area contributed by atoms with Crippen LogP contribution in [0.2, 0.25) is 5.02 Å². The Balaban J connectivity index is 2.04. The van der Waals surface area contributed by atoms with Crippen LogP contribution in [0.1, 0.15) is 45.2 Å². The third-order valence-corrected chi connectivity index (χ3v) is 4.67. The standard InChI is InChI=1S/C19H25ClN2O4/c1-19(2,3)26-18(23)22-8-6-4-5-7-13(22)15-16(20)12(21)11-14-17(15)25-10-9-24-14/h4,6,11,13H,5,7-10,21H2,1-3H3. The Kier molecular flexibility index (Phi) is 5.23. The second-order valence-electron chi connectivity index (χ2n) is 7.41. The summed E-state index contributed by atoms with van der Waals surface area (Å²) in [6, 6.07) is 1.36. The summed E-state index contributed by atoms with van der Waals surface area (Å²) in [7, 11) is 0. The van der Waals surface area contributed by atoms with Crippen molar-refractivity contribution in [1.82, 2.24) is 4.90 Å².